The Morgan fingerprint density at radius 1 is 0.966 bits per heavy atom. The number of aromatic nitrogens is 2. The van der Waals surface area contributed by atoms with Crippen LogP contribution in [0.5, 0.6) is 5.75 Å². The number of anilines is 3. The number of nitrogens with one attached hydrogen (secondary N) is 2. The van der Waals surface area contributed by atoms with E-state index in [2.05, 4.69) is 71.7 Å². The molecule has 3 rings (SSSR count). The van der Waals surface area contributed by atoms with Crippen LogP contribution in [-0.4, -0.2) is 23.6 Å². The Labute approximate surface area is 173 Å². The van der Waals surface area contributed by atoms with E-state index >= 15 is 0 Å². The molecule has 29 heavy (non-hydrogen) atoms. The van der Waals surface area contributed by atoms with Crippen LogP contribution in [0.25, 0.3) is 0 Å². The van der Waals surface area contributed by atoms with Crippen LogP contribution in [0.15, 0.2) is 54.6 Å². The summed E-state index contributed by atoms with van der Waals surface area (Å²) in [6.45, 7) is 9.34. The molecule has 2 N–H and O–H groups in total. The summed E-state index contributed by atoms with van der Waals surface area (Å²) in [5.74, 6) is 2.30. The normalized spacial score (nSPS) is 11.2. The molecule has 3 aromatic rings. The highest BCUT2D eigenvalue weighted by atomic mass is 16.5. The molecule has 1 heterocycles. The highest BCUT2D eigenvalue weighted by Gasteiger charge is 2.13. The van der Waals surface area contributed by atoms with E-state index in [9.17, 15) is 0 Å². The summed E-state index contributed by atoms with van der Waals surface area (Å²) in [5.41, 5.74) is 4.53. The molecular formula is C24H30N4O. The minimum absolute atomic E-state index is 0.141. The van der Waals surface area contributed by atoms with Crippen molar-refractivity contribution >= 4 is 17.5 Å². The first-order chi connectivity index (χ1) is 13.8. The molecule has 0 saturated carbocycles. The van der Waals surface area contributed by atoms with Crippen molar-refractivity contribution in [2.24, 2.45) is 0 Å². The van der Waals surface area contributed by atoms with E-state index < -0.39 is 0 Å². The summed E-state index contributed by atoms with van der Waals surface area (Å²) >= 11 is 0. The third-order valence-corrected chi connectivity index (χ3v) is 4.75. The van der Waals surface area contributed by atoms with Crippen LogP contribution < -0.4 is 15.4 Å². The Kier molecular flexibility index (Phi) is 6.37. The van der Waals surface area contributed by atoms with Crippen molar-refractivity contribution in [1.29, 1.82) is 0 Å². The number of rotatable bonds is 7. The molecule has 0 aliphatic carbocycles. The number of para-hydroxylation sites is 1. The van der Waals surface area contributed by atoms with Gasteiger partial charge in [0, 0.05) is 24.0 Å². The molecule has 2 aromatic carbocycles. The lowest BCUT2D eigenvalue weighted by atomic mass is 9.87. The van der Waals surface area contributed by atoms with Gasteiger partial charge in [0.1, 0.15) is 11.6 Å². The molecule has 5 heteroatoms. The third-order valence-electron chi connectivity index (χ3n) is 4.75. The number of methoxy groups -OCH3 is 1. The van der Waals surface area contributed by atoms with Gasteiger partial charge in [-0.1, -0.05) is 51.1 Å². The van der Waals surface area contributed by atoms with Crippen LogP contribution >= 0.6 is 0 Å². The van der Waals surface area contributed by atoms with Crippen LogP contribution in [0.1, 0.15) is 37.6 Å². The SMILES string of the molecule is COc1ccccc1CCNc1nc(C)cc(Nc2ccc(C(C)(C)C)cc2)n1. The molecule has 0 saturated heterocycles. The Morgan fingerprint density at radius 2 is 1.69 bits per heavy atom. The van der Waals surface area contributed by atoms with E-state index in [1.165, 1.54) is 5.56 Å². The van der Waals surface area contributed by atoms with Crippen molar-refractivity contribution in [3.8, 4) is 5.75 Å². The number of hydrogen-bond donors (Lipinski definition) is 2. The fraction of sp³-hybridized carbons (Fsp3) is 0.333. The zero-order valence-electron chi connectivity index (χ0n) is 17.9. The predicted octanol–water partition coefficient (Wildman–Crippen LogP) is 5.49. The van der Waals surface area contributed by atoms with Gasteiger partial charge in [0.2, 0.25) is 5.95 Å². The van der Waals surface area contributed by atoms with Gasteiger partial charge in [-0.25, -0.2) is 4.98 Å². The zero-order chi connectivity index (χ0) is 20.9. The first-order valence-electron chi connectivity index (χ1n) is 9.94. The fourth-order valence-corrected chi connectivity index (χ4v) is 3.13. The van der Waals surface area contributed by atoms with Crippen LogP contribution in [-0.2, 0) is 11.8 Å². The average molecular weight is 391 g/mol. The molecule has 152 valence electrons. The van der Waals surface area contributed by atoms with Crippen molar-refractivity contribution in [2.75, 3.05) is 24.3 Å². The second-order valence-corrected chi connectivity index (χ2v) is 8.16. The summed E-state index contributed by atoms with van der Waals surface area (Å²) in [6.07, 6.45) is 0.832. The van der Waals surface area contributed by atoms with Crippen molar-refractivity contribution in [3.05, 3.63) is 71.4 Å². The maximum absolute atomic E-state index is 5.41. The zero-order valence-corrected chi connectivity index (χ0v) is 17.9. The van der Waals surface area contributed by atoms with Crippen LogP contribution in [0, 0.1) is 6.92 Å². The molecule has 0 bridgehead atoms. The lowest BCUT2D eigenvalue weighted by molar-refractivity contribution is 0.410. The fourth-order valence-electron chi connectivity index (χ4n) is 3.13. The molecule has 0 fully saturated rings. The smallest absolute Gasteiger partial charge is 0.224 e. The number of hydrogen-bond acceptors (Lipinski definition) is 5. The first-order valence-corrected chi connectivity index (χ1v) is 9.94. The van der Waals surface area contributed by atoms with Gasteiger partial charge in [-0.15, -0.1) is 0 Å². The maximum atomic E-state index is 5.41. The standard InChI is InChI=1S/C24H30N4O/c1-17-16-22(27-20-12-10-19(11-13-20)24(2,3)4)28-23(26-17)25-15-14-18-8-6-7-9-21(18)29-5/h6-13,16H,14-15H2,1-5H3,(H2,25,26,27,28). The van der Waals surface area contributed by atoms with Crippen LogP contribution in [0.3, 0.4) is 0 Å². The Hall–Kier alpha value is -3.08. The van der Waals surface area contributed by atoms with E-state index in [0.29, 0.717) is 5.95 Å². The Balaban J connectivity index is 1.65. The lowest BCUT2D eigenvalue weighted by Crippen LogP contribution is -2.11. The van der Waals surface area contributed by atoms with Gasteiger partial charge in [-0.3, -0.25) is 0 Å². The van der Waals surface area contributed by atoms with E-state index in [4.69, 9.17) is 4.74 Å². The van der Waals surface area contributed by atoms with E-state index in [1.807, 2.05) is 31.2 Å². The van der Waals surface area contributed by atoms with Gasteiger partial charge < -0.3 is 15.4 Å². The quantitative estimate of drug-likeness (QED) is 0.559. The average Bonchev–Trinajstić information content (AvgIpc) is 2.68. The van der Waals surface area contributed by atoms with Gasteiger partial charge in [-0.05, 0) is 48.1 Å². The van der Waals surface area contributed by atoms with E-state index in [-0.39, 0.29) is 5.41 Å². The van der Waals surface area contributed by atoms with Crippen molar-refractivity contribution in [2.45, 2.75) is 39.5 Å². The number of ether oxygens (including phenoxy) is 1. The van der Waals surface area contributed by atoms with Crippen LogP contribution in [0.2, 0.25) is 0 Å². The largest absolute Gasteiger partial charge is 0.496 e. The van der Waals surface area contributed by atoms with E-state index in [1.54, 1.807) is 7.11 Å². The van der Waals surface area contributed by atoms with Gasteiger partial charge in [0.05, 0.1) is 7.11 Å². The highest BCUT2D eigenvalue weighted by Crippen LogP contribution is 2.25. The molecule has 0 amide bonds. The summed E-state index contributed by atoms with van der Waals surface area (Å²) in [6, 6.07) is 18.5. The Morgan fingerprint density at radius 3 is 2.38 bits per heavy atom. The summed E-state index contributed by atoms with van der Waals surface area (Å²) in [5, 5.41) is 6.70. The number of benzene rings is 2. The van der Waals surface area contributed by atoms with E-state index in [0.717, 1.165) is 41.5 Å². The summed E-state index contributed by atoms with van der Waals surface area (Å²) < 4.78 is 5.41. The first kappa shape index (κ1) is 20.6. The molecule has 0 aliphatic rings. The minimum atomic E-state index is 0.141. The third kappa shape index (κ3) is 5.70. The van der Waals surface area contributed by atoms with Gasteiger partial charge >= 0.3 is 0 Å². The topological polar surface area (TPSA) is 59.1 Å². The molecule has 1 aromatic heterocycles. The minimum Gasteiger partial charge on any atom is -0.496 e. The molecule has 5 nitrogen and oxygen atoms in total. The highest BCUT2D eigenvalue weighted by molar-refractivity contribution is 5.58. The van der Waals surface area contributed by atoms with Crippen molar-refractivity contribution in [1.82, 2.24) is 9.97 Å². The van der Waals surface area contributed by atoms with Crippen LogP contribution in [0.4, 0.5) is 17.5 Å². The van der Waals surface area contributed by atoms with Gasteiger partial charge in [0.15, 0.2) is 0 Å². The Bertz CT molecular complexity index is 946. The molecular weight excluding hydrogens is 360 g/mol. The molecule has 0 unspecified atom stereocenters. The molecule has 0 spiro atoms. The second kappa shape index (κ2) is 8.95. The second-order valence-electron chi connectivity index (χ2n) is 8.16. The monoisotopic (exact) mass is 390 g/mol. The predicted molar refractivity (Wildman–Crippen MR) is 120 cm³/mol. The summed E-state index contributed by atoms with van der Waals surface area (Å²) in [7, 11) is 1.70. The maximum Gasteiger partial charge on any atom is 0.224 e. The summed E-state index contributed by atoms with van der Waals surface area (Å²) in [4.78, 5) is 9.11. The van der Waals surface area contributed by atoms with Gasteiger partial charge in [0.25, 0.3) is 0 Å². The van der Waals surface area contributed by atoms with Gasteiger partial charge in [-0.2, -0.15) is 4.98 Å². The number of nitrogens with zero attached hydrogens (tertiary/aromatic N) is 2. The molecule has 0 aliphatic heterocycles. The molecule has 0 radical (unpaired) electrons. The number of aryl methyl sites for hydroxylation is 1. The lowest BCUT2D eigenvalue weighted by Gasteiger charge is -2.19. The van der Waals surface area contributed by atoms with Crippen molar-refractivity contribution in [3.63, 3.8) is 0 Å². The molecule has 0 atom stereocenters. The van der Waals surface area contributed by atoms with Crippen molar-refractivity contribution < 1.29 is 4.74 Å².